The van der Waals surface area contributed by atoms with Crippen LogP contribution in [0.2, 0.25) is 0 Å². The molecule has 0 saturated carbocycles. The van der Waals surface area contributed by atoms with E-state index in [2.05, 4.69) is 4.90 Å². The van der Waals surface area contributed by atoms with Crippen LogP contribution in [0.15, 0.2) is 54.6 Å². The van der Waals surface area contributed by atoms with Gasteiger partial charge in [0.15, 0.2) is 5.78 Å². The fraction of sp³-hybridized carbons (Fsp3) is 0.286. The number of hydrogen-bond acceptors (Lipinski definition) is 4. The molecule has 1 N–H and O–H groups in total. The van der Waals surface area contributed by atoms with Crippen LogP contribution in [-0.2, 0) is 0 Å². The van der Waals surface area contributed by atoms with Gasteiger partial charge in [0, 0.05) is 24.3 Å². The second kappa shape index (κ2) is 7.99. The molecule has 3 rings (SSSR count). The molecular weight excluding hydrogens is 314 g/mol. The van der Waals surface area contributed by atoms with E-state index >= 15 is 0 Å². The van der Waals surface area contributed by atoms with Crippen LogP contribution in [0, 0.1) is 0 Å². The van der Waals surface area contributed by atoms with E-state index in [0.29, 0.717) is 5.56 Å². The van der Waals surface area contributed by atoms with Gasteiger partial charge in [0.2, 0.25) is 0 Å². The Kier molecular flexibility index (Phi) is 5.51. The molecule has 1 aliphatic heterocycles. The van der Waals surface area contributed by atoms with Crippen molar-refractivity contribution in [3.05, 3.63) is 65.7 Å². The van der Waals surface area contributed by atoms with Gasteiger partial charge in [-0.2, -0.15) is 0 Å². The van der Waals surface area contributed by atoms with Gasteiger partial charge >= 0.3 is 0 Å². The number of aliphatic hydroxyl groups excluding tert-OH is 1. The van der Waals surface area contributed by atoms with Crippen molar-refractivity contribution in [2.45, 2.75) is 18.9 Å². The second-order valence-electron chi connectivity index (χ2n) is 6.24. The molecule has 0 amide bonds. The lowest BCUT2D eigenvalue weighted by Crippen LogP contribution is -2.35. The quantitative estimate of drug-likeness (QED) is 0.669. The molecule has 0 atom stereocenters. The molecule has 0 aliphatic carbocycles. The first kappa shape index (κ1) is 17.2. The Labute approximate surface area is 148 Å². The molecule has 4 heteroatoms. The van der Waals surface area contributed by atoms with Crippen molar-refractivity contribution in [2.75, 3.05) is 25.1 Å². The number of aliphatic hydroxyl groups is 1. The van der Waals surface area contributed by atoms with Crippen molar-refractivity contribution in [3.63, 3.8) is 0 Å². The first-order valence-electron chi connectivity index (χ1n) is 8.55. The summed E-state index contributed by atoms with van der Waals surface area (Å²) in [4.78, 5) is 14.6. The zero-order valence-electron chi connectivity index (χ0n) is 14.4. The molecular formula is C21H23NO3. The minimum atomic E-state index is -0.182. The lowest BCUT2D eigenvalue weighted by Gasteiger charge is -2.31. The Balaban J connectivity index is 1.65. The van der Waals surface area contributed by atoms with Gasteiger partial charge in [-0.15, -0.1) is 0 Å². The maximum atomic E-state index is 12.3. The summed E-state index contributed by atoms with van der Waals surface area (Å²) in [5.74, 6) is 0.744. The second-order valence-corrected chi connectivity index (χ2v) is 6.24. The zero-order chi connectivity index (χ0) is 17.6. The van der Waals surface area contributed by atoms with Crippen LogP contribution >= 0.6 is 0 Å². The van der Waals surface area contributed by atoms with E-state index in [1.165, 1.54) is 0 Å². The Bertz CT molecular complexity index is 744. The number of hydrogen-bond donors (Lipinski definition) is 1. The van der Waals surface area contributed by atoms with Crippen molar-refractivity contribution >= 4 is 17.5 Å². The summed E-state index contributed by atoms with van der Waals surface area (Å²) < 4.78 is 5.18. The molecule has 1 saturated heterocycles. The highest BCUT2D eigenvalue weighted by Crippen LogP contribution is 2.21. The number of carbonyl (C=O) groups excluding carboxylic acids is 1. The summed E-state index contributed by atoms with van der Waals surface area (Å²) in [6.07, 6.45) is 4.79. The standard InChI is InChI=1S/C21H23NO3/c1-25-20-4-2-3-16(15-20)5-10-21(24)17-6-8-18(9-7-17)22-13-11-19(23)12-14-22/h2-10,15,19,23H,11-14H2,1H3. The number of methoxy groups -OCH3 is 1. The van der Waals surface area contributed by atoms with Crippen LogP contribution < -0.4 is 9.64 Å². The van der Waals surface area contributed by atoms with Crippen LogP contribution in [0.3, 0.4) is 0 Å². The largest absolute Gasteiger partial charge is 0.497 e. The topological polar surface area (TPSA) is 49.8 Å². The number of allylic oxidation sites excluding steroid dienone is 1. The van der Waals surface area contributed by atoms with Crippen LogP contribution in [0.4, 0.5) is 5.69 Å². The molecule has 2 aromatic rings. The number of anilines is 1. The van der Waals surface area contributed by atoms with E-state index in [9.17, 15) is 9.90 Å². The summed E-state index contributed by atoms with van der Waals surface area (Å²) in [5.41, 5.74) is 2.69. The number of ether oxygens (including phenoxy) is 1. The van der Waals surface area contributed by atoms with Crippen LogP contribution in [0.25, 0.3) is 6.08 Å². The molecule has 0 spiro atoms. The lowest BCUT2D eigenvalue weighted by atomic mass is 10.1. The molecule has 0 radical (unpaired) electrons. The first-order valence-corrected chi connectivity index (χ1v) is 8.55. The predicted octanol–water partition coefficient (Wildman–Crippen LogP) is 3.55. The maximum absolute atomic E-state index is 12.3. The van der Waals surface area contributed by atoms with E-state index in [1.807, 2.05) is 48.5 Å². The van der Waals surface area contributed by atoms with Crippen molar-refractivity contribution in [1.29, 1.82) is 0 Å². The summed E-state index contributed by atoms with van der Waals surface area (Å²) in [5, 5.41) is 9.59. The number of rotatable bonds is 5. The Morgan fingerprint density at radius 2 is 1.88 bits per heavy atom. The first-order chi connectivity index (χ1) is 12.2. The fourth-order valence-electron chi connectivity index (χ4n) is 2.97. The highest BCUT2D eigenvalue weighted by molar-refractivity contribution is 6.07. The summed E-state index contributed by atoms with van der Waals surface area (Å²) in [6, 6.07) is 15.3. The summed E-state index contributed by atoms with van der Waals surface area (Å²) >= 11 is 0. The Morgan fingerprint density at radius 1 is 1.16 bits per heavy atom. The van der Waals surface area contributed by atoms with Gasteiger partial charge < -0.3 is 14.7 Å². The van der Waals surface area contributed by atoms with Gasteiger partial charge in [-0.1, -0.05) is 18.2 Å². The van der Waals surface area contributed by atoms with Crippen LogP contribution in [0.5, 0.6) is 5.75 Å². The summed E-state index contributed by atoms with van der Waals surface area (Å²) in [6.45, 7) is 1.70. The van der Waals surface area contributed by atoms with E-state index in [4.69, 9.17) is 4.74 Å². The van der Waals surface area contributed by atoms with Gasteiger partial charge in [-0.05, 0) is 60.9 Å². The third kappa shape index (κ3) is 4.48. The third-order valence-corrected chi connectivity index (χ3v) is 4.50. The predicted molar refractivity (Wildman–Crippen MR) is 100 cm³/mol. The summed E-state index contributed by atoms with van der Waals surface area (Å²) in [7, 11) is 1.62. The molecule has 130 valence electrons. The third-order valence-electron chi connectivity index (χ3n) is 4.50. The maximum Gasteiger partial charge on any atom is 0.185 e. The van der Waals surface area contributed by atoms with E-state index in [0.717, 1.165) is 42.9 Å². The van der Waals surface area contributed by atoms with Crippen LogP contribution in [0.1, 0.15) is 28.8 Å². The van der Waals surface area contributed by atoms with Crippen LogP contribution in [-0.4, -0.2) is 37.2 Å². The fourth-order valence-corrected chi connectivity index (χ4v) is 2.97. The van der Waals surface area contributed by atoms with E-state index in [1.54, 1.807) is 19.3 Å². The number of benzene rings is 2. The molecule has 4 nitrogen and oxygen atoms in total. The molecule has 1 heterocycles. The highest BCUT2D eigenvalue weighted by atomic mass is 16.5. The van der Waals surface area contributed by atoms with Crippen molar-refractivity contribution in [2.24, 2.45) is 0 Å². The molecule has 0 unspecified atom stereocenters. The van der Waals surface area contributed by atoms with E-state index in [-0.39, 0.29) is 11.9 Å². The van der Waals surface area contributed by atoms with Gasteiger partial charge in [0.25, 0.3) is 0 Å². The number of ketones is 1. The van der Waals surface area contributed by atoms with E-state index < -0.39 is 0 Å². The Hall–Kier alpha value is -2.59. The number of piperidine rings is 1. The minimum absolute atomic E-state index is 0.0246. The van der Waals surface area contributed by atoms with Gasteiger partial charge in [0.1, 0.15) is 5.75 Å². The molecule has 0 bridgehead atoms. The van der Waals surface area contributed by atoms with Crippen molar-refractivity contribution in [3.8, 4) is 5.75 Å². The minimum Gasteiger partial charge on any atom is -0.497 e. The normalized spacial score (nSPS) is 15.5. The molecule has 2 aromatic carbocycles. The van der Waals surface area contributed by atoms with Crippen molar-refractivity contribution < 1.29 is 14.6 Å². The zero-order valence-corrected chi connectivity index (χ0v) is 14.4. The molecule has 1 fully saturated rings. The lowest BCUT2D eigenvalue weighted by molar-refractivity contribution is 0.104. The molecule has 0 aromatic heterocycles. The van der Waals surface area contributed by atoms with Gasteiger partial charge in [-0.3, -0.25) is 4.79 Å². The SMILES string of the molecule is COc1cccc(C=CC(=O)c2ccc(N3CCC(O)CC3)cc2)c1. The average molecular weight is 337 g/mol. The number of carbonyl (C=O) groups is 1. The van der Waals surface area contributed by atoms with Crippen molar-refractivity contribution in [1.82, 2.24) is 0 Å². The molecule has 1 aliphatic rings. The number of nitrogens with zero attached hydrogens (tertiary/aromatic N) is 1. The van der Waals surface area contributed by atoms with Gasteiger partial charge in [-0.25, -0.2) is 0 Å². The van der Waals surface area contributed by atoms with Gasteiger partial charge in [0.05, 0.1) is 13.2 Å². The average Bonchev–Trinajstić information content (AvgIpc) is 2.67. The monoisotopic (exact) mass is 337 g/mol. The highest BCUT2D eigenvalue weighted by Gasteiger charge is 2.17. The molecule has 25 heavy (non-hydrogen) atoms. The smallest absolute Gasteiger partial charge is 0.185 e. The Morgan fingerprint density at radius 3 is 2.56 bits per heavy atom.